The van der Waals surface area contributed by atoms with E-state index in [0.29, 0.717) is 5.56 Å². The first kappa shape index (κ1) is 17.0. The minimum absolute atomic E-state index is 0.332. The second-order valence-electron chi connectivity index (χ2n) is 6.76. The molecule has 4 aromatic carbocycles. The van der Waals surface area contributed by atoms with Crippen LogP contribution in [0, 0.1) is 0 Å². The monoisotopic (exact) mass is 352 g/mol. The van der Waals surface area contributed by atoms with Gasteiger partial charge in [-0.25, -0.2) is 4.79 Å². The Kier molecular flexibility index (Phi) is 4.71. The number of fused-ring (bicyclic) bond motifs is 1. The lowest BCUT2D eigenvalue weighted by molar-refractivity contribution is 0.0697. The fraction of sp³-hybridized carbons (Fsp3) is 0.0800. The molecule has 0 aliphatic rings. The van der Waals surface area contributed by atoms with Gasteiger partial charge in [0.2, 0.25) is 0 Å². The molecule has 0 saturated carbocycles. The van der Waals surface area contributed by atoms with Crippen LogP contribution in [0.15, 0.2) is 91.0 Å². The summed E-state index contributed by atoms with van der Waals surface area (Å²) in [4.78, 5) is 10.9. The van der Waals surface area contributed by atoms with Gasteiger partial charge in [-0.05, 0) is 64.1 Å². The number of hydrogen-bond acceptors (Lipinski definition) is 1. The van der Waals surface area contributed by atoms with E-state index in [1.165, 1.54) is 27.5 Å². The summed E-state index contributed by atoms with van der Waals surface area (Å²) in [5.41, 5.74) is 5.21. The third-order valence-corrected chi connectivity index (χ3v) is 4.94. The van der Waals surface area contributed by atoms with Crippen LogP contribution >= 0.6 is 0 Å². The van der Waals surface area contributed by atoms with Crippen molar-refractivity contribution in [3.8, 4) is 11.1 Å². The third-order valence-electron chi connectivity index (χ3n) is 4.94. The molecule has 0 radical (unpaired) electrons. The number of aryl methyl sites for hydroxylation is 2. The van der Waals surface area contributed by atoms with Crippen LogP contribution in [-0.4, -0.2) is 11.1 Å². The molecular formula is C25H20O2. The van der Waals surface area contributed by atoms with E-state index in [-0.39, 0.29) is 0 Å². The second kappa shape index (κ2) is 7.46. The van der Waals surface area contributed by atoms with Crippen LogP contribution in [0.1, 0.15) is 21.5 Å². The van der Waals surface area contributed by atoms with E-state index >= 15 is 0 Å². The van der Waals surface area contributed by atoms with Gasteiger partial charge in [-0.3, -0.25) is 0 Å². The molecule has 4 aromatic rings. The Labute approximate surface area is 158 Å². The second-order valence-corrected chi connectivity index (χ2v) is 6.76. The molecule has 0 fully saturated rings. The van der Waals surface area contributed by atoms with Crippen molar-refractivity contribution in [2.24, 2.45) is 0 Å². The zero-order valence-electron chi connectivity index (χ0n) is 14.9. The van der Waals surface area contributed by atoms with Gasteiger partial charge in [0.1, 0.15) is 0 Å². The lowest BCUT2D eigenvalue weighted by atomic mass is 9.98. The SMILES string of the molecule is O=C(O)c1ccc(CCc2ccc(-c3ccc4ccccc4c3)cc2)cc1. The molecule has 0 atom stereocenters. The maximum absolute atomic E-state index is 10.9. The Morgan fingerprint density at radius 1 is 0.630 bits per heavy atom. The van der Waals surface area contributed by atoms with Gasteiger partial charge >= 0.3 is 5.97 Å². The first-order chi connectivity index (χ1) is 13.2. The predicted molar refractivity (Wildman–Crippen MR) is 110 cm³/mol. The van der Waals surface area contributed by atoms with Crippen molar-refractivity contribution < 1.29 is 9.90 Å². The van der Waals surface area contributed by atoms with Gasteiger partial charge in [0.05, 0.1) is 5.56 Å². The molecule has 0 aromatic heterocycles. The zero-order chi connectivity index (χ0) is 18.6. The van der Waals surface area contributed by atoms with Crippen molar-refractivity contribution >= 4 is 16.7 Å². The molecule has 132 valence electrons. The summed E-state index contributed by atoms with van der Waals surface area (Å²) in [5, 5.41) is 11.5. The molecule has 1 N–H and O–H groups in total. The summed E-state index contributed by atoms with van der Waals surface area (Å²) < 4.78 is 0. The largest absolute Gasteiger partial charge is 0.478 e. The summed E-state index contributed by atoms with van der Waals surface area (Å²) in [6, 6.07) is 30.8. The average molecular weight is 352 g/mol. The van der Waals surface area contributed by atoms with Crippen LogP contribution in [0.3, 0.4) is 0 Å². The number of hydrogen-bond donors (Lipinski definition) is 1. The van der Waals surface area contributed by atoms with E-state index in [1.807, 2.05) is 12.1 Å². The summed E-state index contributed by atoms with van der Waals surface area (Å²) in [6.07, 6.45) is 1.83. The van der Waals surface area contributed by atoms with Crippen LogP contribution in [0.25, 0.3) is 21.9 Å². The normalized spacial score (nSPS) is 10.8. The van der Waals surface area contributed by atoms with Gasteiger partial charge in [0, 0.05) is 0 Å². The van der Waals surface area contributed by atoms with Crippen molar-refractivity contribution in [2.45, 2.75) is 12.8 Å². The van der Waals surface area contributed by atoms with Crippen LogP contribution in [0.4, 0.5) is 0 Å². The minimum atomic E-state index is -0.883. The summed E-state index contributed by atoms with van der Waals surface area (Å²) in [5.74, 6) is -0.883. The van der Waals surface area contributed by atoms with Crippen LogP contribution in [0.5, 0.6) is 0 Å². The zero-order valence-corrected chi connectivity index (χ0v) is 14.9. The molecule has 2 nitrogen and oxygen atoms in total. The molecule has 0 aliphatic carbocycles. The molecule has 4 rings (SSSR count). The molecule has 0 amide bonds. The van der Waals surface area contributed by atoms with Crippen LogP contribution in [-0.2, 0) is 12.8 Å². The van der Waals surface area contributed by atoms with Crippen LogP contribution < -0.4 is 0 Å². The summed E-state index contributed by atoms with van der Waals surface area (Å²) in [7, 11) is 0. The average Bonchev–Trinajstić information content (AvgIpc) is 2.72. The highest BCUT2D eigenvalue weighted by molar-refractivity contribution is 5.88. The van der Waals surface area contributed by atoms with Crippen molar-refractivity contribution in [3.63, 3.8) is 0 Å². The molecule has 0 spiro atoms. The molecule has 0 heterocycles. The van der Waals surface area contributed by atoms with E-state index in [1.54, 1.807) is 12.1 Å². The first-order valence-corrected chi connectivity index (χ1v) is 9.09. The fourth-order valence-electron chi connectivity index (χ4n) is 3.34. The van der Waals surface area contributed by atoms with Crippen molar-refractivity contribution in [1.82, 2.24) is 0 Å². The molecule has 27 heavy (non-hydrogen) atoms. The number of carboxylic acids is 1. The lowest BCUT2D eigenvalue weighted by Gasteiger charge is -2.07. The van der Waals surface area contributed by atoms with E-state index in [4.69, 9.17) is 5.11 Å². The van der Waals surface area contributed by atoms with E-state index in [2.05, 4.69) is 66.7 Å². The Bertz CT molecular complexity index is 1080. The summed E-state index contributed by atoms with van der Waals surface area (Å²) >= 11 is 0. The van der Waals surface area contributed by atoms with Crippen molar-refractivity contribution in [3.05, 3.63) is 108 Å². The Morgan fingerprint density at radius 3 is 1.81 bits per heavy atom. The highest BCUT2D eigenvalue weighted by Crippen LogP contribution is 2.25. The fourth-order valence-corrected chi connectivity index (χ4v) is 3.34. The van der Waals surface area contributed by atoms with Gasteiger partial charge in [-0.1, -0.05) is 72.8 Å². The molecule has 0 aliphatic heterocycles. The number of rotatable bonds is 5. The molecule has 0 bridgehead atoms. The van der Waals surface area contributed by atoms with Crippen molar-refractivity contribution in [2.75, 3.05) is 0 Å². The smallest absolute Gasteiger partial charge is 0.335 e. The topological polar surface area (TPSA) is 37.3 Å². The quantitative estimate of drug-likeness (QED) is 0.479. The Morgan fingerprint density at radius 2 is 1.19 bits per heavy atom. The number of carboxylic acid groups (broad SMARTS) is 1. The minimum Gasteiger partial charge on any atom is -0.478 e. The Balaban J connectivity index is 1.45. The van der Waals surface area contributed by atoms with Gasteiger partial charge in [0.15, 0.2) is 0 Å². The number of aromatic carboxylic acids is 1. The van der Waals surface area contributed by atoms with E-state index in [0.717, 1.165) is 18.4 Å². The standard InChI is InChI=1S/C25H20O2/c26-25(27)22-13-9-19(10-14-22)6-5-18-7-11-21(12-8-18)24-16-15-20-3-1-2-4-23(20)17-24/h1-4,7-17H,5-6H2,(H,26,27). The molecule has 2 heteroatoms. The van der Waals surface area contributed by atoms with Gasteiger partial charge in [-0.15, -0.1) is 0 Å². The van der Waals surface area contributed by atoms with Crippen LogP contribution in [0.2, 0.25) is 0 Å². The molecular weight excluding hydrogens is 332 g/mol. The number of carbonyl (C=O) groups is 1. The predicted octanol–water partition coefficient (Wildman–Crippen LogP) is 5.99. The number of benzene rings is 4. The van der Waals surface area contributed by atoms with Gasteiger partial charge in [-0.2, -0.15) is 0 Å². The highest BCUT2D eigenvalue weighted by atomic mass is 16.4. The van der Waals surface area contributed by atoms with E-state index < -0.39 is 5.97 Å². The third kappa shape index (κ3) is 3.90. The highest BCUT2D eigenvalue weighted by Gasteiger charge is 2.03. The van der Waals surface area contributed by atoms with Gasteiger partial charge in [0.25, 0.3) is 0 Å². The maximum atomic E-state index is 10.9. The van der Waals surface area contributed by atoms with Gasteiger partial charge < -0.3 is 5.11 Å². The summed E-state index contributed by atoms with van der Waals surface area (Å²) in [6.45, 7) is 0. The van der Waals surface area contributed by atoms with E-state index in [9.17, 15) is 4.79 Å². The molecule has 0 saturated heterocycles. The van der Waals surface area contributed by atoms with Crippen molar-refractivity contribution in [1.29, 1.82) is 0 Å². The molecule has 0 unspecified atom stereocenters. The first-order valence-electron chi connectivity index (χ1n) is 9.09. The maximum Gasteiger partial charge on any atom is 0.335 e. The lowest BCUT2D eigenvalue weighted by Crippen LogP contribution is -1.97. The Hall–Kier alpha value is -3.39.